The molecule has 1 unspecified atom stereocenters. The van der Waals surface area contributed by atoms with E-state index in [4.69, 9.17) is 4.74 Å². The van der Waals surface area contributed by atoms with Crippen LogP contribution in [-0.4, -0.2) is 36.4 Å². The highest BCUT2D eigenvalue weighted by Crippen LogP contribution is 2.36. The van der Waals surface area contributed by atoms with Crippen LogP contribution in [0, 0.1) is 0 Å². The van der Waals surface area contributed by atoms with Gasteiger partial charge in [-0.1, -0.05) is 48.5 Å². The number of methoxy groups -OCH3 is 1. The van der Waals surface area contributed by atoms with Crippen LogP contribution in [-0.2, 0) is 23.5 Å². The molecule has 3 aromatic rings. The molecule has 0 aliphatic heterocycles. The minimum Gasteiger partial charge on any atom is -0.387 e. The van der Waals surface area contributed by atoms with Gasteiger partial charge >= 0.3 is 12.4 Å². The number of hydrogen-bond acceptors (Lipinski definition) is 4. The maximum absolute atomic E-state index is 13.8. The molecule has 188 valence electrons. The Labute approximate surface area is 198 Å². The number of ether oxygens (including phenoxy) is 1. The first-order chi connectivity index (χ1) is 16.5. The molecule has 2 N–H and O–H groups in total. The van der Waals surface area contributed by atoms with Crippen molar-refractivity contribution < 1.29 is 36.2 Å². The predicted octanol–water partition coefficient (Wildman–Crippen LogP) is 5.67. The zero-order valence-electron chi connectivity index (χ0n) is 18.7. The van der Waals surface area contributed by atoms with Gasteiger partial charge in [0.2, 0.25) is 0 Å². The van der Waals surface area contributed by atoms with Crippen molar-refractivity contribution in [3.05, 3.63) is 89.1 Å². The van der Waals surface area contributed by atoms with Gasteiger partial charge in [0.25, 0.3) is 0 Å². The van der Waals surface area contributed by atoms with Gasteiger partial charge in [-0.3, -0.25) is 0 Å². The molecule has 0 saturated carbocycles. The Morgan fingerprint density at radius 3 is 2.11 bits per heavy atom. The lowest BCUT2D eigenvalue weighted by atomic mass is 10.0. The third-order valence-corrected chi connectivity index (χ3v) is 5.35. The molecule has 0 spiro atoms. The third kappa shape index (κ3) is 7.27. The van der Waals surface area contributed by atoms with E-state index >= 15 is 0 Å². The predicted molar refractivity (Wildman–Crippen MR) is 118 cm³/mol. The van der Waals surface area contributed by atoms with Crippen LogP contribution in [0.4, 0.5) is 26.3 Å². The van der Waals surface area contributed by atoms with Gasteiger partial charge in [0.1, 0.15) is 0 Å². The van der Waals surface area contributed by atoms with Crippen molar-refractivity contribution in [2.45, 2.75) is 30.9 Å². The van der Waals surface area contributed by atoms with Gasteiger partial charge < -0.3 is 15.2 Å². The van der Waals surface area contributed by atoms with E-state index in [-0.39, 0.29) is 30.5 Å². The SMILES string of the molecule is COC[C@H](Cc1ccccc1)NCC(O)c1ccc(-c2ccc(C(F)(F)F)cc2)nc1C(F)(F)F. The Morgan fingerprint density at radius 1 is 0.886 bits per heavy atom. The normalized spacial score (nSPS) is 14.1. The summed E-state index contributed by atoms with van der Waals surface area (Å²) in [6.45, 7) is 0.0874. The molecule has 0 aliphatic carbocycles. The number of aromatic nitrogens is 1. The number of benzene rings is 2. The van der Waals surface area contributed by atoms with Crippen molar-refractivity contribution in [1.29, 1.82) is 0 Å². The molecule has 0 radical (unpaired) electrons. The summed E-state index contributed by atoms with van der Waals surface area (Å²) in [4.78, 5) is 3.64. The first-order valence-corrected chi connectivity index (χ1v) is 10.7. The van der Waals surface area contributed by atoms with E-state index in [1.165, 1.54) is 13.2 Å². The van der Waals surface area contributed by atoms with Gasteiger partial charge in [-0.25, -0.2) is 4.98 Å². The van der Waals surface area contributed by atoms with Gasteiger partial charge in [-0.15, -0.1) is 0 Å². The molecule has 0 amide bonds. The number of alkyl halides is 6. The van der Waals surface area contributed by atoms with E-state index in [2.05, 4.69) is 10.3 Å². The smallest absolute Gasteiger partial charge is 0.387 e. The van der Waals surface area contributed by atoms with E-state index < -0.39 is 35.3 Å². The Balaban J connectivity index is 1.80. The van der Waals surface area contributed by atoms with E-state index in [1.54, 1.807) is 0 Å². The van der Waals surface area contributed by atoms with E-state index in [0.29, 0.717) is 6.42 Å². The van der Waals surface area contributed by atoms with Crippen LogP contribution in [0.1, 0.15) is 28.5 Å². The lowest BCUT2D eigenvalue weighted by Gasteiger charge is -2.22. The molecule has 3 rings (SSSR count). The van der Waals surface area contributed by atoms with E-state index in [0.717, 1.165) is 35.9 Å². The van der Waals surface area contributed by atoms with Crippen LogP contribution >= 0.6 is 0 Å². The molecule has 2 aromatic carbocycles. The Kier molecular flexibility index (Phi) is 8.52. The van der Waals surface area contributed by atoms with Crippen molar-refractivity contribution in [3.8, 4) is 11.3 Å². The quantitative estimate of drug-likeness (QED) is 0.374. The molecule has 1 heterocycles. The summed E-state index contributed by atoms with van der Waals surface area (Å²) < 4.78 is 84.8. The summed E-state index contributed by atoms with van der Waals surface area (Å²) in [6.07, 6.45) is -10.4. The zero-order chi connectivity index (χ0) is 25.6. The molecule has 2 atom stereocenters. The second-order valence-corrected chi connectivity index (χ2v) is 7.97. The van der Waals surface area contributed by atoms with Crippen LogP contribution in [0.3, 0.4) is 0 Å². The topological polar surface area (TPSA) is 54.4 Å². The molecule has 1 aromatic heterocycles. The largest absolute Gasteiger partial charge is 0.433 e. The van der Waals surface area contributed by atoms with Crippen molar-refractivity contribution in [3.63, 3.8) is 0 Å². The van der Waals surface area contributed by atoms with Gasteiger partial charge in [-0.2, -0.15) is 26.3 Å². The fourth-order valence-electron chi connectivity index (χ4n) is 3.63. The van der Waals surface area contributed by atoms with Crippen LogP contribution in [0.15, 0.2) is 66.7 Å². The number of aliphatic hydroxyl groups is 1. The standard InChI is InChI=1S/C25H24F6N2O2/c1-35-15-19(13-16-5-3-2-4-6-16)32-14-22(34)20-11-12-21(33-23(20)25(29,30)31)17-7-9-18(10-8-17)24(26,27)28/h2-12,19,22,32,34H,13-15H2,1H3/t19-,22?/m0/s1. The van der Waals surface area contributed by atoms with Crippen molar-refractivity contribution >= 4 is 0 Å². The first-order valence-electron chi connectivity index (χ1n) is 10.7. The number of pyridine rings is 1. The lowest BCUT2D eigenvalue weighted by Crippen LogP contribution is -2.38. The number of halogens is 6. The second kappa shape index (κ2) is 11.2. The molecule has 0 saturated heterocycles. The number of hydrogen-bond donors (Lipinski definition) is 2. The maximum Gasteiger partial charge on any atom is 0.433 e. The monoisotopic (exact) mass is 498 g/mol. The third-order valence-electron chi connectivity index (χ3n) is 5.35. The maximum atomic E-state index is 13.8. The number of nitrogens with one attached hydrogen (secondary N) is 1. The summed E-state index contributed by atoms with van der Waals surface area (Å²) in [6, 6.07) is 15.2. The van der Waals surface area contributed by atoms with Crippen LogP contribution < -0.4 is 5.32 Å². The second-order valence-electron chi connectivity index (χ2n) is 7.97. The van der Waals surface area contributed by atoms with Crippen molar-refractivity contribution in [2.24, 2.45) is 0 Å². The van der Waals surface area contributed by atoms with Crippen molar-refractivity contribution in [2.75, 3.05) is 20.3 Å². The minimum absolute atomic E-state index is 0.0886. The Bertz CT molecular complexity index is 1090. The van der Waals surface area contributed by atoms with E-state index in [1.807, 2.05) is 30.3 Å². The highest BCUT2D eigenvalue weighted by atomic mass is 19.4. The fraction of sp³-hybridized carbons (Fsp3) is 0.320. The molecule has 4 nitrogen and oxygen atoms in total. The average Bonchev–Trinajstić information content (AvgIpc) is 2.82. The van der Waals surface area contributed by atoms with E-state index in [9.17, 15) is 31.4 Å². The summed E-state index contributed by atoms with van der Waals surface area (Å²) in [5.74, 6) is 0. The highest BCUT2D eigenvalue weighted by Gasteiger charge is 2.37. The number of rotatable bonds is 9. The molecular weight excluding hydrogens is 474 g/mol. The summed E-state index contributed by atoms with van der Waals surface area (Å²) >= 11 is 0. The van der Waals surface area contributed by atoms with Gasteiger partial charge in [0, 0.05) is 30.8 Å². The van der Waals surface area contributed by atoms with Crippen molar-refractivity contribution in [1.82, 2.24) is 10.3 Å². The molecular formula is C25H24F6N2O2. The average molecular weight is 498 g/mol. The fourth-order valence-corrected chi connectivity index (χ4v) is 3.63. The highest BCUT2D eigenvalue weighted by molar-refractivity contribution is 5.60. The van der Waals surface area contributed by atoms with Crippen LogP contribution in [0.2, 0.25) is 0 Å². The Morgan fingerprint density at radius 2 is 1.54 bits per heavy atom. The molecule has 0 fully saturated rings. The number of nitrogens with zero attached hydrogens (tertiary/aromatic N) is 1. The first kappa shape index (κ1) is 26.7. The minimum atomic E-state index is -4.88. The van der Waals surface area contributed by atoms with Gasteiger partial charge in [0.15, 0.2) is 5.69 Å². The number of aliphatic hydroxyl groups excluding tert-OH is 1. The summed E-state index contributed by atoms with van der Waals surface area (Å²) in [7, 11) is 1.50. The molecule has 0 aliphatic rings. The summed E-state index contributed by atoms with van der Waals surface area (Å²) in [5, 5.41) is 13.6. The summed E-state index contributed by atoms with van der Waals surface area (Å²) in [5.41, 5.74) is -1.72. The molecule has 0 bridgehead atoms. The Hall–Kier alpha value is -2.95. The van der Waals surface area contributed by atoms with Gasteiger partial charge in [0.05, 0.1) is 24.0 Å². The lowest BCUT2D eigenvalue weighted by molar-refractivity contribution is -0.142. The molecule has 10 heteroatoms. The molecule has 35 heavy (non-hydrogen) atoms. The van der Waals surface area contributed by atoms with Gasteiger partial charge in [-0.05, 0) is 30.2 Å². The van der Waals surface area contributed by atoms with Crippen LogP contribution in [0.25, 0.3) is 11.3 Å². The van der Waals surface area contributed by atoms with Crippen LogP contribution in [0.5, 0.6) is 0 Å². The zero-order valence-corrected chi connectivity index (χ0v) is 18.7.